The van der Waals surface area contributed by atoms with Crippen molar-refractivity contribution in [2.75, 3.05) is 20.1 Å². The molecule has 3 atom stereocenters. The molecular weight excluding hydrogens is 274 g/mol. The minimum atomic E-state index is -1.05. The molecule has 0 saturated carbocycles. The van der Waals surface area contributed by atoms with Gasteiger partial charge in [-0.1, -0.05) is 0 Å². The van der Waals surface area contributed by atoms with Gasteiger partial charge in [0.2, 0.25) is 5.91 Å². The van der Waals surface area contributed by atoms with Gasteiger partial charge in [0.25, 0.3) is 0 Å². The van der Waals surface area contributed by atoms with Crippen molar-refractivity contribution in [3.05, 3.63) is 11.3 Å². The van der Waals surface area contributed by atoms with E-state index >= 15 is 0 Å². The number of hydrogen-bond acceptors (Lipinski definition) is 4. The second kappa shape index (κ2) is 4.84. The summed E-state index contributed by atoms with van der Waals surface area (Å²) < 4.78 is 0. The minimum Gasteiger partial charge on any atom is -0.477 e. The number of likely N-dealkylation sites (tertiary alicyclic amines) is 1. The Bertz CT molecular complexity index is 548. The average Bonchev–Trinajstić information content (AvgIpc) is 2.67. The highest BCUT2D eigenvalue weighted by Crippen LogP contribution is 2.46. The van der Waals surface area contributed by atoms with Gasteiger partial charge in [-0.15, -0.1) is 0 Å². The number of carboxylic acids is 1. The number of carboxylic acid groups (broad SMARTS) is 1. The van der Waals surface area contributed by atoms with E-state index in [1.165, 1.54) is 4.90 Å². The summed E-state index contributed by atoms with van der Waals surface area (Å²) in [6.45, 7) is 3.05. The molecule has 3 heterocycles. The zero-order valence-electron chi connectivity index (χ0n) is 12.1. The van der Waals surface area contributed by atoms with Crippen LogP contribution in [-0.4, -0.2) is 70.5 Å². The predicted molar refractivity (Wildman–Crippen MR) is 74.6 cm³/mol. The van der Waals surface area contributed by atoms with E-state index in [-0.39, 0.29) is 23.6 Å². The van der Waals surface area contributed by atoms with Crippen LogP contribution in [0.3, 0.4) is 0 Å². The molecule has 114 valence electrons. The van der Waals surface area contributed by atoms with E-state index in [4.69, 9.17) is 0 Å². The number of aliphatic imine (C=N–C) groups is 1. The SMILES string of the molecule is CN=CN1CC(C2=C(C(=O)O)N3C(=O)[C@H]([C@@H](C)O)[C@H]3C2)C1. The van der Waals surface area contributed by atoms with Gasteiger partial charge in [-0.2, -0.15) is 0 Å². The third-order valence-corrected chi connectivity index (χ3v) is 4.65. The maximum Gasteiger partial charge on any atom is 0.352 e. The molecule has 3 aliphatic rings. The summed E-state index contributed by atoms with van der Waals surface area (Å²) in [7, 11) is 1.70. The Labute approximate surface area is 122 Å². The van der Waals surface area contributed by atoms with Crippen LogP contribution in [0.5, 0.6) is 0 Å². The standard InChI is InChI=1S/C14H19N3O4/c1-7(18)11-10-3-9(8-4-16(5-8)6-15-2)12(14(20)21)17(10)13(11)19/h6-8,10-11,18H,3-5H2,1-2H3,(H,20,21)/t7-,10-,11-/m1/s1. The number of aliphatic carboxylic acids is 1. The first-order chi connectivity index (χ1) is 9.95. The van der Waals surface area contributed by atoms with Crippen molar-refractivity contribution in [1.29, 1.82) is 0 Å². The van der Waals surface area contributed by atoms with Crippen LogP contribution >= 0.6 is 0 Å². The van der Waals surface area contributed by atoms with Gasteiger partial charge in [0.15, 0.2) is 0 Å². The summed E-state index contributed by atoms with van der Waals surface area (Å²) in [6, 6.07) is -0.188. The first-order valence-corrected chi connectivity index (χ1v) is 7.09. The maximum absolute atomic E-state index is 12.1. The molecule has 0 unspecified atom stereocenters. The number of nitrogens with zero attached hydrogens (tertiary/aromatic N) is 3. The number of rotatable bonds is 4. The number of amides is 1. The number of carbonyl (C=O) groups is 2. The van der Waals surface area contributed by atoms with Crippen molar-refractivity contribution in [2.24, 2.45) is 16.8 Å². The molecule has 0 aromatic rings. The summed E-state index contributed by atoms with van der Waals surface area (Å²) >= 11 is 0. The predicted octanol–water partition coefficient (Wildman–Crippen LogP) is -0.473. The van der Waals surface area contributed by atoms with Gasteiger partial charge in [-0.3, -0.25) is 9.79 Å². The highest BCUT2D eigenvalue weighted by molar-refractivity contribution is 5.99. The fourth-order valence-corrected chi connectivity index (χ4v) is 3.66. The average molecular weight is 293 g/mol. The molecule has 0 spiro atoms. The lowest BCUT2D eigenvalue weighted by molar-refractivity contribution is -0.161. The molecule has 21 heavy (non-hydrogen) atoms. The summed E-state index contributed by atoms with van der Waals surface area (Å²) in [5, 5.41) is 19.1. The zero-order chi connectivity index (χ0) is 15.3. The van der Waals surface area contributed by atoms with Gasteiger partial charge in [0.1, 0.15) is 5.70 Å². The highest BCUT2D eigenvalue weighted by atomic mass is 16.4. The summed E-state index contributed by atoms with van der Waals surface area (Å²) in [5.41, 5.74) is 0.977. The van der Waals surface area contributed by atoms with Gasteiger partial charge >= 0.3 is 5.97 Å². The molecular formula is C14H19N3O4. The van der Waals surface area contributed by atoms with Crippen molar-refractivity contribution in [3.8, 4) is 0 Å². The van der Waals surface area contributed by atoms with Gasteiger partial charge < -0.3 is 20.0 Å². The first-order valence-electron chi connectivity index (χ1n) is 7.09. The first kappa shape index (κ1) is 14.1. The van der Waals surface area contributed by atoms with Crippen molar-refractivity contribution in [1.82, 2.24) is 9.80 Å². The molecule has 7 nitrogen and oxygen atoms in total. The molecule has 3 rings (SSSR count). The van der Waals surface area contributed by atoms with Crippen molar-refractivity contribution in [3.63, 3.8) is 0 Å². The Hall–Kier alpha value is -1.89. The molecule has 0 radical (unpaired) electrons. The summed E-state index contributed by atoms with van der Waals surface area (Å²) in [6.07, 6.45) is 1.56. The van der Waals surface area contributed by atoms with E-state index in [0.29, 0.717) is 6.42 Å². The lowest BCUT2D eigenvalue weighted by Gasteiger charge is -2.44. The molecule has 0 aromatic heterocycles. The second-order valence-electron chi connectivity index (χ2n) is 5.95. The summed E-state index contributed by atoms with van der Waals surface area (Å²) in [5.74, 6) is -1.63. The number of fused-ring (bicyclic) bond motifs is 1. The van der Waals surface area contributed by atoms with Crippen LogP contribution in [-0.2, 0) is 9.59 Å². The van der Waals surface area contributed by atoms with E-state index in [1.54, 1.807) is 20.3 Å². The molecule has 7 heteroatoms. The van der Waals surface area contributed by atoms with Crippen molar-refractivity contribution < 1.29 is 19.8 Å². The Kier molecular flexibility index (Phi) is 3.24. The Morgan fingerprint density at radius 2 is 2.14 bits per heavy atom. The molecule has 2 fully saturated rings. The quantitative estimate of drug-likeness (QED) is 0.415. The van der Waals surface area contributed by atoms with E-state index < -0.39 is 18.0 Å². The van der Waals surface area contributed by atoms with Crippen LogP contribution < -0.4 is 0 Å². The van der Waals surface area contributed by atoms with Crippen LogP contribution in [0.2, 0.25) is 0 Å². The molecule has 2 saturated heterocycles. The number of aliphatic hydroxyl groups excluding tert-OH is 1. The second-order valence-corrected chi connectivity index (χ2v) is 5.95. The summed E-state index contributed by atoms with van der Waals surface area (Å²) in [4.78, 5) is 30.9. The third kappa shape index (κ3) is 1.95. The smallest absolute Gasteiger partial charge is 0.352 e. The fraction of sp³-hybridized carbons (Fsp3) is 0.643. The topological polar surface area (TPSA) is 93.4 Å². The highest BCUT2D eigenvalue weighted by Gasteiger charge is 2.57. The van der Waals surface area contributed by atoms with Crippen LogP contribution in [0.15, 0.2) is 16.3 Å². The molecule has 0 bridgehead atoms. The molecule has 3 aliphatic heterocycles. The van der Waals surface area contributed by atoms with Gasteiger partial charge in [-0.25, -0.2) is 4.79 Å². The van der Waals surface area contributed by atoms with Crippen LogP contribution in [0.4, 0.5) is 0 Å². The fourth-order valence-electron chi connectivity index (χ4n) is 3.66. The van der Waals surface area contributed by atoms with E-state index in [2.05, 4.69) is 4.99 Å². The van der Waals surface area contributed by atoms with Gasteiger partial charge in [0, 0.05) is 26.1 Å². The zero-order valence-corrected chi connectivity index (χ0v) is 12.1. The minimum absolute atomic E-state index is 0.139. The van der Waals surface area contributed by atoms with Gasteiger partial charge in [0.05, 0.1) is 24.4 Å². The Morgan fingerprint density at radius 1 is 1.48 bits per heavy atom. The lowest BCUT2D eigenvalue weighted by atomic mass is 9.81. The molecule has 0 aromatic carbocycles. The number of carbonyl (C=O) groups excluding carboxylic acids is 1. The van der Waals surface area contributed by atoms with Gasteiger partial charge in [-0.05, 0) is 18.9 Å². The molecule has 2 N–H and O–H groups in total. The van der Waals surface area contributed by atoms with Crippen LogP contribution in [0.25, 0.3) is 0 Å². The van der Waals surface area contributed by atoms with E-state index in [1.807, 2.05) is 4.90 Å². The van der Waals surface area contributed by atoms with Crippen molar-refractivity contribution in [2.45, 2.75) is 25.5 Å². The van der Waals surface area contributed by atoms with E-state index in [0.717, 1.165) is 18.7 Å². The monoisotopic (exact) mass is 293 g/mol. The van der Waals surface area contributed by atoms with Crippen molar-refractivity contribution >= 4 is 18.2 Å². The van der Waals surface area contributed by atoms with Crippen LogP contribution in [0, 0.1) is 11.8 Å². The Morgan fingerprint density at radius 3 is 2.67 bits per heavy atom. The number of hydrogen-bond donors (Lipinski definition) is 2. The number of β-lactam (4-membered cyclic amide) rings is 1. The lowest BCUT2D eigenvalue weighted by Crippen LogP contribution is -2.61. The largest absolute Gasteiger partial charge is 0.477 e. The third-order valence-electron chi connectivity index (χ3n) is 4.65. The molecule has 0 aliphatic carbocycles. The molecule has 1 amide bonds. The normalized spacial score (nSPS) is 30.5. The maximum atomic E-state index is 12.1. The van der Waals surface area contributed by atoms with E-state index in [9.17, 15) is 19.8 Å². The Balaban J connectivity index is 1.81. The number of aliphatic hydroxyl groups is 1. The van der Waals surface area contributed by atoms with Crippen LogP contribution in [0.1, 0.15) is 13.3 Å².